The molecule has 0 spiro atoms. The molecule has 92 valence electrons. The van der Waals surface area contributed by atoms with E-state index in [1.54, 1.807) is 0 Å². The van der Waals surface area contributed by atoms with Crippen LogP contribution in [0, 0.1) is 0 Å². The van der Waals surface area contributed by atoms with Crippen molar-refractivity contribution >= 4 is 11.9 Å². The van der Waals surface area contributed by atoms with E-state index in [9.17, 15) is 18.4 Å². The Morgan fingerprint density at radius 1 is 1.25 bits per heavy atom. The van der Waals surface area contributed by atoms with Crippen LogP contribution in [0.1, 0.15) is 25.7 Å². The molecule has 0 bridgehead atoms. The first-order valence-electron chi connectivity index (χ1n) is 5.17. The lowest BCUT2D eigenvalue weighted by atomic mass is 10.1. The molecule has 1 amide bonds. The van der Waals surface area contributed by atoms with Crippen LogP contribution >= 0.6 is 0 Å². The second kappa shape index (κ2) is 5.23. The molecule has 1 fully saturated rings. The lowest BCUT2D eigenvalue weighted by molar-refractivity contribution is -0.145. The number of amides is 1. The molecular formula is C10H15F2NO3. The highest BCUT2D eigenvalue weighted by Gasteiger charge is 2.35. The number of carbonyl (C=O) groups excluding carboxylic acids is 2. The van der Waals surface area contributed by atoms with Gasteiger partial charge in [-0.3, -0.25) is 9.59 Å². The molecular weight excluding hydrogens is 220 g/mol. The Morgan fingerprint density at radius 2 is 1.81 bits per heavy atom. The van der Waals surface area contributed by atoms with Crippen LogP contribution in [-0.4, -0.2) is 42.9 Å². The average molecular weight is 235 g/mol. The predicted octanol–water partition coefficient (Wildman–Crippen LogP) is 1.20. The molecule has 0 aromatic carbocycles. The summed E-state index contributed by atoms with van der Waals surface area (Å²) in [7, 11) is 1.24. The van der Waals surface area contributed by atoms with Crippen molar-refractivity contribution in [2.75, 3.05) is 20.2 Å². The summed E-state index contributed by atoms with van der Waals surface area (Å²) in [5.74, 6) is -3.38. The molecule has 0 radical (unpaired) electrons. The van der Waals surface area contributed by atoms with Crippen LogP contribution in [0.25, 0.3) is 0 Å². The summed E-state index contributed by atoms with van der Waals surface area (Å²) in [6.07, 6.45) is -0.561. The van der Waals surface area contributed by atoms with Gasteiger partial charge < -0.3 is 9.64 Å². The fraction of sp³-hybridized carbons (Fsp3) is 0.800. The zero-order valence-corrected chi connectivity index (χ0v) is 9.17. The highest BCUT2D eigenvalue weighted by molar-refractivity contribution is 5.81. The van der Waals surface area contributed by atoms with Crippen LogP contribution in [0.3, 0.4) is 0 Å². The number of ether oxygens (including phenoxy) is 1. The molecule has 1 aliphatic rings. The maximum Gasteiger partial charge on any atom is 0.306 e. The summed E-state index contributed by atoms with van der Waals surface area (Å²) in [5.41, 5.74) is 0. The van der Waals surface area contributed by atoms with Crippen molar-refractivity contribution in [3.63, 3.8) is 0 Å². The van der Waals surface area contributed by atoms with Crippen LogP contribution in [0.2, 0.25) is 0 Å². The lowest BCUT2D eigenvalue weighted by Gasteiger charge is -2.31. The highest BCUT2D eigenvalue weighted by Crippen LogP contribution is 2.27. The second-order valence-corrected chi connectivity index (χ2v) is 3.81. The number of rotatable bonds is 3. The maximum absolute atomic E-state index is 12.8. The largest absolute Gasteiger partial charge is 0.469 e. The minimum Gasteiger partial charge on any atom is -0.469 e. The number of hydrogen-bond acceptors (Lipinski definition) is 3. The van der Waals surface area contributed by atoms with E-state index in [0.717, 1.165) is 0 Å². The molecule has 0 aromatic heterocycles. The van der Waals surface area contributed by atoms with Gasteiger partial charge in [-0.25, -0.2) is 8.78 Å². The number of esters is 1. The van der Waals surface area contributed by atoms with Gasteiger partial charge in [-0.05, 0) is 0 Å². The Balaban J connectivity index is 2.31. The van der Waals surface area contributed by atoms with Gasteiger partial charge in [0, 0.05) is 32.4 Å². The number of likely N-dealkylation sites (tertiary alicyclic amines) is 1. The Morgan fingerprint density at radius 3 is 2.31 bits per heavy atom. The van der Waals surface area contributed by atoms with Gasteiger partial charge in [0.25, 0.3) is 5.92 Å². The molecule has 0 aliphatic carbocycles. The molecule has 0 saturated carbocycles. The van der Waals surface area contributed by atoms with Crippen LogP contribution < -0.4 is 0 Å². The molecule has 0 aromatic rings. The van der Waals surface area contributed by atoms with Gasteiger partial charge in [0.05, 0.1) is 13.5 Å². The summed E-state index contributed by atoms with van der Waals surface area (Å²) in [5, 5.41) is 0. The van der Waals surface area contributed by atoms with Crippen molar-refractivity contribution in [2.45, 2.75) is 31.6 Å². The summed E-state index contributed by atoms with van der Waals surface area (Å²) in [6.45, 7) is 0.125. The van der Waals surface area contributed by atoms with Crippen LogP contribution in [0.4, 0.5) is 8.78 Å². The van der Waals surface area contributed by atoms with Crippen molar-refractivity contribution in [3.05, 3.63) is 0 Å². The lowest BCUT2D eigenvalue weighted by Crippen LogP contribution is -2.42. The van der Waals surface area contributed by atoms with Gasteiger partial charge in [-0.15, -0.1) is 0 Å². The third-order valence-electron chi connectivity index (χ3n) is 2.62. The first kappa shape index (κ1) is 12.9. The number of halogens is 2. The van der Waals surface area contributed by atoms with E-state index >= 15 is 0 Å². The van der Waals surface area contributed by atoms with Gasteiger partial charge in [0.2, 0.25) is 5.91 Å². The van der Waals surface area contributed by atoms with Gasteiger partial charge in [0.15, 0.2) is 0 Å². The summed E-state index contributed by atoms with van der Waals surface area (Å²) in [6, 6.07) is 0. The summed E-state index contributed by atoms with van der Waals surface area (Å²) < 4.78 is 30.0. The summed E-state index contributed by atoms with van der Waals surface area (Å²) >= 11 is 0. The number of methoxy groups -OCH3 is 1. The number of alkyl halides is 2. The van der Waals surface area contributed by atoms with Crippen LogP contribution in [0.15, 0.2) is 0 Å². The first-order valence-corrected chi connectivity index (χ1v) is 5.17. The van der Waals surface area contributed by atoms with Crippen LogP contribution in [0.5, 0.6) is 0 Å². The Kier molecular flexibility index (Phi) is 4.20. The molecule has 1 heterocycles. The summed E-state index contributed by atoms with van der Waals surface area (Å²) in [4.78, 5) is 23.7. The Bertz CT molecular complexity index is 271. The predicted molar refractivity (Wildman–Crippen MR) is 52.0 cm³/mol. The molecule has 16 heavy (non-hydrogen) atoms. The SMILES string of the molecule is COC(=O)CCC(=O)N1CCC(F)(F)CC1. The maximum atomic E-state index is 12.8. The number of nitrogens with zero attached hydrogens (tertiary/aromatic N) is 1. The molecule has 0 N–H and O–H groups in total. The monoisotopic (exact) mass is 235 g/mol. The topological polar surface area (TPSA) is 46.6 Å². The van der Waals surface area contributed by atoms with E-state index < -0.39 is 11.9 Å². The minimum absolute atomic E-state index is 0.00221. The quantitative estimate of drug-likeness (QED) is 0.690. The number of hydrogen-bond donors (Lipinski definition) is 0. The van der Waals surface area contributed by atoms with E-state index in [1.807, 2.05) is 0 Å². The van der Waals surface area contributed by atoms with Gasteiger partial charge >= 0.3 is 5.97 Å². The van der Waals surface area contributed by atoms with Gasteiger partial charge in [0.1, 0.15) is 0 Å². The normalized spacial score (nSPS) is 19.3. The number of carbonyl (C=O) groups is 2. The molecule has 0 unspecified atom stereocenters. The molecule has 1 saturated heterocycles. The van der Waals surface area contributed by atoms with Crippen molar-refractivity contribution in [3.8, 4) is 0 Å². The third kappa shape index (κ3) is 3.75. The fourth-order valence-corrected chi connectivity index (χ4v) is 1.55. The van der Waals surface area contributed by atoms with E-state index in [1.165, 1.54) is 12.0 Å². The minimum atomic E-state index is -2.65. The zero-order valence-electron chi connectivity index (χ0n) is 9.17. The van der Waals surface area contributed by atoms with Gasteiger partial charge in [-0.1, -0.05) is 0 Å². The fourth-order valence-electron chi connectivity index (χ4n) is 1.55. The Labute approximate surface area is 92.5 Å². The third-order valence-corrected chi connectivity index (χ3v) is 2.62. The smallest absolute Gasteiger partial charge is 0.306 e. The average Bonchev–Trinajstić information content (AvgIpc) is 2.25. The Hall–Kier alpha value is -1.20. The van der Waals surface area contributed by atoms with E-state index in [4.69, 9.17) is 0 Å². The zero-order chi connectivity index (χ0) is 12.2. The van der Waals surface area contributed by atoms with Crippen LogP contribution in [-0.2, 0) is 14.3 Å². The molecule has 1 rings (SSSR count). The number of piperidine rings is 1. The highest BCUT2D eigenvalue weighted by atomic mass is 19.3. The van der Waals surface area contributed by atoms with E-state index in [0.29, 0.717) is 0 Å². The first-order chi connectivity index (χ1) is 7.44. The second-order valence-electron chi connectivity index (χ2n) is 3.81. The van der Waals surface area contributed by atoms with Gasteiger partial charge in [-0.2, -0.15) is 0 Å². The standard InChI is InChI=1S/C10H15F2NO3/c1-16-9(15)3-2-8(14)13-6-4-10(11,12)5-7-13/h2-7H2,1H3. The molecule has 0 atom stereocenters. The molecule has 4 nitrogen and oxygen atoms in total. The van der Waals surface area contributed by atoms with E-state index in [2.05, 4.69) is 4.74 Å². The van der Waals surface area contributed by atoms with E-state index in [-0.39, 0.29) is 44.7 Å². The molecule has 6 heteroatoms. The van der Waals surface area contributed by atoms with Crippen molar-refractivity contribution in [1.29, 1.82) is 0 Å². The van der Waals surface area contributed by atoms with Crippen molar-refractivity contribution < 1.29 is 23.1 Å². The van der Waals surface area contributed by atoms with Crippen molar-refractivity contribution in [2.24, 2.45) is 0 Å². The van der Waals surface area contributed by atoms with Crippen molar-refractivity contribution in [1.82, 2.24) is 4.90 Å². The molecule has 1 aliphatic heterocycles.